The van der Waals surface area contributed by atoms with Gasteiger partial charge in [0.1, 0.15) is 0 Å². The third kappa shape index (κ3) is 8.21. The lowest BCUT2D eigenvalue weighted by Crippen LogP contribution is -2.43. The fourth-order valence-corrected chi connectivity index (χ4v) is 3.46. The number of ether oxygens (including phenoxy) is 2. The summed E-state index contributed by atoms with van der Waals surface area (Å²) in [5.74, 6) is 1.12. The van der Waals surface area contributed by atoms with Gasteiger partial charge in [-0.1, -0.05) is 38.2 Å². The molecule has 1 aliphatic rings. The monoisotopic (exact) mass is 376 g/mol. The molecule has 1 saturated carbocycles. The smallest absolute Gasteiger partial charge is 0.258 e. The van der Waals surface area contributed by atoms with Crippen LogP contribution in [0.15, 0.2) is 18.2 Å². The van der Waals surface area contributed by atoms with E-state index in [1.54, 1.807) is 7.11 Å². The number of hydrogen-bond donors (Lipinski definition) is 2. The molecule has 152 valence electrons. The van der Waals surface area contributed by atoms with Crippen molar-refractivity contribution in [3.05, 3.63) is 23.8 Å². The zero-order chi connectivity index (χ0) is 19.7. The molecule has 0 heterocycles. The van der Waals surface area contributed by atoms with Crippen molar-refractivity contribution in [3.63, 3.8) is 0 Å². The Balaban J connectivity index is 1.87. The SMILES string of the molecule is COc1cc(CNC2CCCCCCC2)ccc1OCC(=O)NC(C)(C)C. The second kappa shape index (κ2) is 10.5. The standard InChI is InChI=1S/C22H36N2O3/c1-22(2,3)24-21(25)16-27-19-13-12-17(14-20(19)26-4)15-23-18-10-8-6-5-7-9-11-18/h12-14,18,23H,5-11,15-16H2,1-4H3,(H,24,25). The molecule has 1 aromatic rings. The predicted molar refractivity (Wildman–Crippen MR) is 109 cm³/mol. The lowest BCUT2D eigenvalue weighted by molar-refractivity contribution is -0.124. The molecule has 0 bridgehead atoms. The Hall–Kier alpha value is -1.75. The molecule has 0 radical (unpaired) electrons. The van der Waals surface area contributed by atoms with Crippen LogP contribution in [0.1, 0.15) is 71.3 Å². The van der Waals surface area contributed by atoms with Crippen LogP contribution in [0, 0.1) is 0 Å². The van der Waals surface area contributed by atoms with Crippen molar-refractivity contribution in [2.45, 2.75) is 83.8 Å². The minimum Gasteiger partial charge on any atom is -0.493 e. The van der Waals surface area contributed by atoms with E-state index in [9.17, 15) is 4.79 Å². The number of benzene rings is 1. The lowest BCUT2D eigenvalue weighted by atomic mass is 9.96. The van der Waals surface area contributed by atoms with Gasteiger partial charge in [0.15, 0.2) is 18.1 Å². The van der Waals surface area contributed by atoms with E-state index in [4.69, 9.17) is 9.47 Å². The predicted octanol–water partition coefficient (Wildman–Crippen LogP) is 4.19. The van der Waals surface area contributed by atoms with Crippen molar-refractivity contribution >= 4 is 5.91 Å². The normalized spacial score (nSPS) is 16.3. The van der Waals surface area contributed by atoms with Crippen LogP contribution in [0.3, 0.4) is 0 Å². The summed E-state index contributed by atoms with van der Waals surface area (Å²) in [4.78, 5) is 11.9. The van der Waals surface area contributed by atoms with Gasteiger partial charge in [0.05, 0.1) is 7.11 Å². The topological polar surface area (TPSA) is 59.6 Å². The second-order valence-corrected chi connectivity index (χ2v) is 8.50. The molecule has 1 aromatic carbocycles. The summed E-state index contributed by atoms with van der Waals surface area (Å²) >= 11 is 0. The Labute approximate surface area is 164 Å². The number of carbonyl (C=O) groups excluding carboxylic acids is 1. The van der Waals surface area contributed by atoms with Crippen LogP contribution in [-0.4, -0.2) is 31.2 Å². The van der Waals surface area contributed by atoms with Crippen molar-refractivity contribution in [1.29, 1.82) is 0 Å². The van der Waals surface area contributed by atoms with Crippen LogP contribution >= 0.6 is 0 Å². The summed E-state index contributed by atoms with van der Waals surface area (Å²) in [7, 11) is 1.63. The number of rotatable bonds is 7. The van der Waals surface area contributed by atoms with Gasteiger partial charge in [-0.05, 0) is 51.3 Å². The Morgan fingerprint density at radius 1 is 1.07 bits per heavy atom. The molecule has 0 atom stereocenters. The van der Waals surface area contributed by atoms with E-state index in [1.807, 2.05) is 39.0 Å². The number of carbonyl (C=O) groups is 1. The van der Waals surface area contributed by atoms with Gasteiger partial charge in [0, 0.05) is 18.1 Å². The van der Waals surface area contributed by atoms with E-state index in [-0.39, 0.29) is 18.1 Å². The first-order chi connectivity index (χ1) is 12.9. The van der Waals surface area contributed by atoms with Crippen molar-refractivity contribution < 1.29 is 14.3 Å². The number of amides is 1. The maximum Gasteiger partial charge on any atom is 0.258 e. The highest BCUT2D eigenvalue weighted by Gasteiger charge is 2.15. The summed E-state index contributed by atoms with van der Waals surface area (Å²) in [6, 6.07) is 6.52. The number of methoxy groups -OCH3 is 1. The molecule has 0 saturated heterocycles. The molecule has 1 amide bonds. The molecule has 5 heteroatoms. The highest BCUT2D eigenvalue weighted by molar-refractivity contribution is 5.78. The minimum atomic E-state index is -0.267. The van der Waals surface area contributed by atoms with Crippen molar-refractivity contribution in [2.24, 2.45) is 0 Å². The molecule has 0 aromatic heterocycles. The zero-order valence-electron chi connectivity index (χ0n) is 17.4. The average Bonchev–Trinajstić information content (AvgIpc) is 2.57. The minimum absolute atomic E-state index is 0.0205. The summed E-state index contributed by atoms with van der Waals surface area (Å²) in [5.41, 5.74) is 0.900. The van der Waals surface area contributed by atoms with E-state index < -0.39 is 0 Å². The molecular weight excluding hydrogens is 340 g/mol. The van der Waals surface area contributed by atoms with Crippen LogP contribution in [0.25, 0.3) is 0 Å². The highest BCUT2D eigenvalue weighted by Crippen LogP contribution is 2.28. The molecule has 1 aliphatic carbocycles. The quantitative estimate of drug-likeness (QED) is 0.749. The van der Waals surface area contributed by atoms with Crippen LogP contribution in [-0.2, 0) is 11.3 Å². The van der Waals surface area contributed by atoms with Gasteiger partial charge in [-0.3, -0.25) is 4.79 Å². The van der Waals surface area contributed by atoms with Crippen molar-refractivity contribution in [3.8, 4) is 11.5 Å². The third-order valence-corrected chi connectivity index (χ3v) is 4.80. The van der Waals surface area contributed by atoms with Crippen LogP contribution in [0.4, 0.5) is 0 Å². The van der Waals surface area contributed by atoms with Gasteiger partial charge >= 0.3 is 0 Å². The van der Waals surface area contributed by atoms with Gasteiger partial charge in [-0.15, -0.1) is 0 Å². The Kier molecular flexibility index (Phi) is 8.42. The van der Waals surface area contributed by atoms with Gasteiger partial charge < -0.3 is 20.1 Å². The van der Waals surface area contributed by atoms with E-state index in [0.717, 1.165) is 6.54 Å². The molecule has 1 fully saturated rings. The van der Waals surface area contributed by atoms with E-state index >= 15 is 0 Å². The Morgan fingerprint density at radius 2 is 1.74 bits per heavy atom. The zero-order valence-corrected chi connectivity index (χ0v) is 17.4. The summed E-state index contributed by atoms with van der Waals surface area (Å²) in [6.07, 6.45) is 9.29. The van der Waals surface area contributed by atoms with Crippen molar-refractivity contribution in [1.82, 2.24) is 10.6 Å². The van der Waals surface area contributed by atoms with Gasteiger partial charge in [-0.25, -0.2) is 0 Å². The molecule has 0 spiro atoms. The highest BCUT2D eigenvalue weighted by atomic mass is 16.5. The summed E-state index contributed by atoms with van der Waals surface area (Å²) < 4.78 is 11.1. The lowest BCUT2D eigenvalue weighted by Gasteiger charge is -2.22. The molecule has 2 rings (SSSR count). The fraction of sp³-hybridized carbons (Fsp3) is 0.682. The Morgan fingerprint density at radius 3 is 2.37 bits per heavy atom. The first-order valence-electron chi connectivity index (χ1n) is 10.2. The molecule has 2 N–H and O–H groups in total. The number of nitrogens with one attached hydrogen (secondary N) is 2. The van der Waals surface area contributed by atoms with E-state index in [1.165, 1.54) is 50.5 Å². The maximum absolute atomic E-state index is 11.9. The third-order valence-electron chi connectivity index (χ3n) is 4.80. The molecule has 5 nitrogen and oxygen atoms in total. The van der Waals surface area contributed by atoms with E-state index in [2.05, 4.69) is 10.6 Å². The van der Waals surface area contributed by atoms with Gasteiger partial charge in [0.2, 0.25) is 0 Å². The number of hydrogen-bond acceptors (Lipinski definition) is 4. The van der Waals surface area contributed by atoms with Crippen LogP contribution in [0.2, 0.25) is 0 Å². The Bertz CT molecular complexity index is 588. The van der Waals surface area contributed by atoms with Crippen molar-refractivity contribution in [2.75, 3.05) is 13.7 Å². The average molecular weight is 377 g/mol. The molecular formula is C22H36N2O3. The molecule has 0 unspecified atom stereocenters. The largest absolute Gasteiger partial charge is 0.493 e. The maximum atomic E-state index is 11.9. The molecule has 27 heavy (non-hydrogen) atoms. The fourth-order valence-electron chi connectivity index (χ4n) is 3.46. The summed E-state index contributed by atoms with van der Waals surface area (Å²) in [6.45, 7) is 6.65. The van der Waals surface area contributed by atoms with Gasteiger partial charge in [-0.2, -0.15) is 0 Å². The van der Waals surface area contributed by atoms with Crippen LogP contribution < -0.4 is 20.1 Å². The second-order valence-electron chi connectivity index (χ2n) is 8.50. The first kappa shape index (κ1) is 21.5. The van der Waals surface area contributed by atoms with E-state index in [0.29, 0.717) is 17.5 Å². The summed E-state index contributed by atoms with van der Waals surface area (Å²) in [5, 5.41) is 6.58. The van der Waals surface area contributed by atoms with Crippen LogP contribution in [0.5, 0.6) is 11.5 Å². The first-order valence-corrected chi connectivity index (χ1v) is 10.2. The molecule has 0 aliphatic heterocycles. The van der Waals surface area contributed by atoms with Gasteiger partial charge in [0.25, 0.3) is 5.91 Å².